The maximum Gasteiger partial charge on any atom is 0.167 e. The molecule has 2 atom stereocenters. The SMILES string of the molecule is [B]C(=O)CCC1=NC1(CC)C(O)c1ccc(O)cc1. The van der Waals surface area contributed by atoms with Crippen LogP contribution in [0.15, 0.2) is 29.3 Å². The van der Waals surface area contributed by atoms with Gasteiger partial charge in [0.15, 0.2) is 7.85 Å². The summed E-state index contributed by atoms with van der Waals surface area (Å²) in [6, 6.07) is 6.43. The van der Waals surface area contributed by atoms with Gasteiger partial charge in [-0.1, -0.05) is 19.1 Å². The van der Waals surface area contributed by atoms with Crippen molar-refractivity contribution in [2.24, 2.45) is 4.99 Å². The third-order valence-electron chi connectivity index (χ3n) is 3.59. The predicted octanol–water partition coefficient (Wildman–Crippen LogP) is 1.50. The Balaban J connectivity index is 2.07. The second-order valence-electron chi connectivity index (χ2n) is 4.80. The van der Waals surface area contributed by atoms with Gasteiger partial charge in [-0.15, -0.1) is 0 Å². The van der Waals surface area contributed by atoms with Crippen molar-refractivity contribution in [3.8, 4) is 5.75 Å². The summed E-state index contributed by atoms with van der Waals surface area (Å²) in [5.41, 5.74) is 0.595. The summed E-state index contributed by atoms with van der Waals surface area (Å²) in [5, 5.41) is 19.7. The average Bonchev–Trinajstić information content (AvgIpc) is 3.11. The number of hydrogen-bond acceptors (Lipinski definition) is 4. The van der Waals surface area contributed by atoms with Crippen LogP contribution in [0.25, 0.3) is 0 Å². The summed E-state index contributed by atoms with van der Waals surface area (Å²) in [7, 11) is 5.12. The third kappa shape index (κ3) is 2.71. The molecule has 1 aliphatic heterocycles. The molecule has 2 rings (SSSR count). The van der Waals surface area contributed by atoms with Gasteiger partial charge >= 0.3 is 0 Å². The maximum atomic E-state index is 10.8. The summed E-state index contributed by atoms with van der Waals surface area (Å²) in [5.74, 6) is 0.159. The zero-order chi connectivity index (χ0) is 14.0. The van der Waals surface area contributed by atoms with Crippen molar-refractivity contribution in [3.63, 3.8) is 0 Å². The molecule has 0 saturated heterocycles. The van der Waals surface area contributed by atoms with Gasteiger partial charge in [0, 0.05) is 12.1 Å². The van der Waals surface area contributed by atoms with Crippen molar-refractivity contribution in [3.05, 3.63) is 29.8 Å². The predicted molar refractivity (Wildman–Crippen MR) is 73.5 cm³/mol. The highest BCUT2D eigenvalue weighted by molar-refractivity contribution is 6.57. The van der Waals surface area contributed by atoms with Crippen LogP contribution in [0.2, 0.25) is 0 Å². The van der Waals surface area contributed by atoms with Gasteiger partial charge in [0.2, 0.25) is 0 Å². The highest BCUT2D eigenvalue weighted by Gasteiger charge is 2.51. The first kappa shape index (κ1) is 13.8. The van der Waals surface area contributed by atoms with Crippen molar-refractivity contribution < 1.29 is 15.0 Å². The van der Waals surface area contributed by atoms with E-state index in [2.05, 4.69) is 4.99 Å². The lowest BCUT2D eigenvalue weighted by atomic mass is 9.85. The smallest absolute Gasteiger partial charge is 0.167 e. The molecule has 5 heteroatoms. The van der Waals surface area contributed by atoms with E-state index in [-0.39, 0.29) is 17.9 Å². The first-order chi connectivity index (χ1) is 8.99. The molecular weight excluding hydrogens is 241 g/mol. The van der Waals surface area contributed by atoms with Gasteiger partial charge in [-0.25, -0.2) is 0 Å². The number of nitrogens with zero attached hydrogens (tertiary/aromatic N) is 1. The number of aromatic hydroxyl groups is 1. The van der Waals surface area contributed by atoms with E-state index in [1.165, 1.54) is 12.1 Å². The van der Waals surface area contributed by atoms with Gasteiger partial charge in [0.1, 0.15) is 17.4 Å². The molecule has 0 aliphatic carbocycles. The van der Waals surface area contributed by atoms with E-state index in [0.717, 1.165) is 5.71 Å². The monoisotopic (exact) mass is 257 g/mol. The zero-order valence-electron chi connectivity index (χ0n) is 10.8. The number of benzene rings is 1. The molecule has 1 aromatic carbocycles. The summed E-state index contributed by atoms with van der Waals surface area (Å²) >= 11 is 0. The Labute approximate surface area is 113 Å². The molecule has 0 fully saturated rings. The summed E-state index contributed by atoms with van der Waals surface area (Å²) in [4.78, 5) is 15.2. The fraction of sp³-hybridized carbons (Fsp3) is 0.429. The van der Waals surface area contributed by atoms with E-state index >= 15 is 0 Å². The fourth-order valence-electron chi connectivity index (χ4n) is 2.35. The number of phenolic OH excluding ortho intramolecular Hbond substituents is 1. The molecule has 98 valence electrons. The molecule has 1 heterocycles. The van der Waals surface area contributed by atoms with Crippen LogP contribution >= 0.6 is 0 Å². The van der Waals surface area contributed by atoms with Crippen LogP contribution in [-0.2, 0) is 4.79 Å². The minimum Gasteiger partial charge on any atom is -0.508 e. The van der Waals surface area contributed by atoms with Crippen LogP contribution in [0.3, 0.4) is 0 Å². The normalized spacial score (nSPS) is 22.7. The Morgan fingerprint density at radius 2 is 2.05 bits per heavy atom. The number of aliphatic hydroxyl groups excluding tert-OH is 1. The van der Waals surface area contributed by atoms with Crippen LogP contribution in [0.4, 0.5) is 0 Å². The topological polar surface area (TPSA) is 69.9 Å². The number of hydrogen-bond donors (Lipinski definition) is 2. The van der Waals surface area contributed by atoms with Gasteiger partial charge in [0.05, 0.1) is 5.68 Å². The van der Waals surface area contributed by atoms with Crippen molar-refractivity contribution in [2.45, 2.75) is 37.8 Å². The first-order valence-corrected chi connectivity index (χ1v) is 6.34. The minimum atomic E-state index is -0.749. The Hall–Kier alpha value is -1.62. The molecule has 1 aliphatic rings. The van der Waals surface area contributed by atoms with Gasteiger partial charge in [-0.3, -0.25) is 4.99 Å². The maximum absolute atomic E-state index is 10.8. The average molecular weight is 257 g/mol. The highest BCUT2D eigenvalue weighted by atomic mass is 16.3. The second-order valence-corrected chi connectivity index (χ2v) is 4.80. The Morgan fingerprint density at radius 1 is 1.42 bits per heavy atom. The van der Waals surface area contributed by atoms with Crippen LogP contribution in [0, 0.1) is 0 Å². The minimum absolute atomic E-state index is 0.159. The van der Waals surface area contributed by atoms with Gasteiger partial charge in [-0.05, 0) is 30.5 Å². The number of rotatable bonds is 6. The molecule has 0 saturated carbocycles. The molecule has 2 unspecified atom stereocenters. The molecular formula is C14H16BNO3. The van der Waals surface area contributed by atoms with E-state index in [9.17, 15) is 15.0 Å². The zero-order valence-corrected chi connectivity index (χ0v) is 10.8. The van der Waals surface area contributed by atoms with Gasteiger partial charge in [0.25, 0.3) is 0 Å². The lowest BCUT2D eigenvalue weighted by molar-refractivity contribution is -0.111. The Bertz CT molecular complexity index is 512. The number of carbonyl (C=O) groups is 1. The summed E-state index contributed by atoms with van der Waals surface area (Å²) in [6.45, 7) is 1.95. The second kappa shape index (κ2) is 5.17. The highest BCUT2D eigenvalue weighted by Crippen LogP contribution is 2.45. The van der Waals surface area contributed by atoms with E-state index in [0.29, 0.717) is 18.4 Å². The number of carbonyl (C=O) groups excluding carboxylic acids is 1. The molecule has 2 radical (unpaired) electrons. The van der Waals surface area contributed by atoms with Crippen LogP contribution in [0.5, 0.6) is 5.75 Å². The van der Waals surface area contributed by atoms with Crippen LogP contribution in [-0.4, -0.2) is 35.0 Å². The fourth-order valence-corrected chi connectivity index (χ4v) is 2.35. The lowest BCUT2D eigenvalue weighted by Gasteiger charge is -2.21. The molecule has 2 N–H and O–H groups in total. The Morgan fingerprint density at radius 3 is 2.58 bits per heavy atom. The first-order valence-electron chi connectivity index (χ1n) is 6.34. The molecule has 1 aromatic rings. The van der Waals surface area contributed by atoms with Crippen molar-refractivity contribution in [1.29, 1.82) is 0 Å². The van der Waals surface area contributed by atoms with E-state index in [1.807, 2.05) is 6.92 Å². The number of aliphatic hydroxyl groups is 1. The molecule has 0 spiro atoms. The lowest BCUT2D eigenvalue weighted by Crippen LogP contribution is -2.27. The van der Waals surface area contributed by atoms with E-state index in [1.54, 1.807) is 12.1 Å². The standard InChI is InChI=1S/C14H16BNO3/c1-2-14(11(16-14)7-8-12(15)18)13(19)9-3-5-10(17)6-4-9/h3-6,13,17,19H,2,7-8H2,1H3. The third-order valence-corrected chi connectivity index (χ3v) is 3.59. The van der Waals surface area contributed by atoms with Crippen molar-refractivity contribution in [2.75, 3.05) is 0 Å². The molecule has 0 amide bonds. The molecule has 19 heavy (non-hydrogen) atoms. The summed E-state index contributed by atoms with van der Waals surface area (Å²) < 4.78 is 0. The van der Waals surface area contributed by atoms with Gasteiger partial charge < -0.3 is 15.0 Å². The number of phenols is 1. The number of aliphatic imine (C=N–C) groups is 1. The Kier molecular flexibility index (Phi) is 3.76. The molecule has 0 bridgehead atoms. The quantitative estimate of drug-likeness (QED) is 0.759. The van der Waals surface area contributed by atoms with Crippen molar-refractivity contribution in [1.82, 2.24) is 0 Å². The molecule has 0 aromatic heterocycles. The molecule has 4 nitrogen and oxygen atoms in total. The van der Waals surface area contributed by atoms with E-state index < -0.39 is 11.6 Å². The van der Waals surface area contributed by atoms with Crippen molar-refractivity contribution >= 4 is 19.2 Å². The van der Waals surface area contributed by atoms with E-state index in [4.69, 9.17) is 7.85 Å². The summed E-state index contributed by atoms with van der Waals surface area (Å²) in [6.07, 6.45) is 0.672. The van der Waals surface area contributed by atoms with Crippen LogP contribution < -0.4 is 0 Å². The van der Waals surface area contributed by atoms with Crippen LogP contribution in [0.1, 0.15) is 37.9 Å². The van der Waals surface area contributed by atoms with Gasteiger partial charge in [-0.2, -0.15) is 0 Å². The largest absolute Gasteiger partial charge is 0.508 e.